The Balaban J connectivity index is 1.93. The average molecular weight is 266 g/mol. The molecule has 0 saturated heterocycles. The van der Waals surface area contributed by atoms with Crippen LogP contribution in [0.4, 0.5) is 0 Å². The molecule has 0 aliphatic carbocycles. The first-order chi connectivity index (χ1) is 8.79. The Hall–Kier alpha value is -1.36. The van der Waals surface area contributed by atoms with Gasteiger partial charge in [0.25, 0.3) is 0 Å². The van der Waals surface area contributed by atoms with Crippen LogP contribution in [0.2, 0.25) is 5.02 Å². The number of nitrogens with one attached hydrogen (secondary N) is 1. The van der Waals surface area contributed by atoms with Crippen LogP contribution < -0.4 is 5.32 Å². The fourth-order valence-electron chi connectivity index (χ4n) is 1.62. The number of hydrogen-bond donors (Lipinski definition) is 1. The van der Waals surface area contributed by atoms with Crippen LogP contribution in [0.5, 0.6) is 0 Å². The van der Waals surface area contributed by atoms with Crippen molar-refractivity contribution >= 4 is 11.6 Å². The molecule has 0 bridgehead atoms. The maximum absolute atomic E-state index is 5.83. The second-order valence-corrected chi connectivity index (χ2v) is 4.38. The van der Waals surface area contributed by atoms with Crippen molar-refractivity contribution in [3.63, 3.8) is 0 Å². The van der Waals surface area contributed by atoms with Gasteiger partial charge in [-0.25, -0.2) is 4.68 Å². The van der Waals surface area contributed by atoms with Crippen LogP contribution in [0.1, 0.15) is 5.56 Å². The fourth-order valence-corrected chi connectivity index (χ4v) is 1.75. The molecular weight excluding hydrogens is 250 g/mol. The van der Waals surface area contributed by atoms with E-state index in [2.05, 4.69) is 22.5 Å². The molecule has 96 valence electrons. The number of ether oxygens (including phenoxy) is 1. The van der Waals surface area contributed by atoms with E-state index in [-0.39, 0.29) is 0 Å². The lowest BCUT2D eigenvalue weighted by atomic mass is 10.2. The molecule has 0 saturated carbocycles. The highest BCUT2D eigenvalue weighted by atomic mass is 35.5. The minimum atomic E-state index is 0.639. The summed E-state index contributed by atoms with van der Waals surface area (Å²) in [4.78, 5) is 0. The van der Waals surface area contributed by atoms with E-state index in [4.69, 9.17) is 16.3 Å². The Bertz CT molecular complexity index is 481. The standard InChI is InChI=1S/C13H16ClN3O/c1-18-7-6-15-8-11-2-4-13(5-3-11)17-10-12(14)9-16-17/h2-5,9-10,15H,6-8H2,1H3. The highest BCUT2D eigenvalue weighted by Crippen LogP contribution is 2.12. The Morgan fingerprint density at radius 1 is 1.33 bits per heavy atom. The number of benzene rings is 1. The van der Waals surface area contributed by atoms with Gasteiger partial charge in [0.15, 0.2) is 0 Å². The molecular formula is C13H16ClN3O. The molecule has 0 radical (unpaired) electrons. The molecule has 1 aromatic carbocycles. The summed E-state index contributed by atoms with van der Waals surface area (Å²) in [6.07, 6.45) is 3.41. The van der Waals surface area contributed by atoms with Gasteiger partial charge in [0.05, 0.1) is 23.5 Å². The van der Waals surface area contributed by atoms with Crippen molar-refractivity contribution in [2.75, 3.05) is 20.3 Å². The van der Waals surface area contributed by atoms with E-state index in [0.717, 1.165) is 25.4 Å². The zero-order chi connectivity index (χ0) is 12.8. The molecule has 0 aliphatic heterocycles. The summed E-state index contributed by atoms with van der Waals surface area (Å²) in [5.41, 5.74) is 2.23. The third kappa shape index (κ3) is 3.57. The van der Waals surface area contributed by atoms with Crippen LogP contribution in [-0.2, 0) is 11.3 Å². The smallest absolute Gasteiger partial charge is 0.0790 e. The van der Waals surface area contributed by atoms with Crippen molar-refractivity contribution in [3.8, 4) is 5.69 Å². The van der Waals surface area contributed by atoms with Gasteiger partial charge in [0, 0.05) is 26.4 Å². The third-order valence-electron chi connectivity index (χ3n) is 2.56. The summed E-state index contributed by atoms with van der Waals surface area (Å²) in [5.74, 6) is 0. The molecule has 18 heavy (non-hydrogen) atoms. The summed E-state index contributed by atoms with van der Waals surface area (Å²) in [6, 6.07) is 8.20. The fraction of sp³-hybridized carbons (Fsp3) is 0.308. The number of halogens is 1. The SMILES string of the molecule is COCCNCc1ccc(-n2cc(Cl)cn2)cc1. The van der Waals surface area contributed by atoms with Crippen LogP contribution in [-0.4, -0.2) is 30.0 Å². The van der Waals surface area contributed by atoms with Gasteiger partial charge in [-0.1, -0.05) is 23.7 Å². The molecule has 2 rings (SSSR count). The minimum Gasteiger partial charge on any atom is -0.383 e. The van der Waals surface area contributed by atoms with Crippen LogP contribution >= 0.6 is 11.6 Å². The van der Waals surface area contributed by atoms with E-state index < -0.39 is 0 Å². The summed E-state index contributed by atoms with van der Waals surface area (Å²) in [5, 5.41) is 8.09. The second-order valence-electron chi connectivity index (χ2n) is 3.94. The minimum absolute atomic E-state index is 0.639. The molecule has 5 heteroatoms. The largest absolute Gasteiger partial charge is 0.383 e. The van der Waals surface area contributed by atoms with E-state index >= 15 is 0 Å². The van der Waals surface area contributed by atoms with Gasteiger partial charge >= 0.3 is 0 Å². The van der Waals surface area contributed by atoms with Crippen molar-refractivity contribution in [1.82, 2.24) is 15.1 Å². The van der Waals surface area contributed by atoms with Crippen LogP contribution in [0.3, 0.4) is 0 Å². The zero-order valence-corrected chi connectivity index (χ0v) is 11.0. The van der Waals surface area contributed by atoms with Gasteiger partial charge in [0.1, 0.15) is 0 Å². The lowest BCUT2D eigenvalue weighted by Gasteiger charge is -2.06. The number of aromatic nitrogens is 2. The molecule has 0 aliphatic rings. The molecule has 0 unspecified atom stereocenters. The van der Waals surface area contributed by atoms with E-state index in [1.807, 2.05) is 12.1 Å². The first-order valence-electron chi connectivity index (χ1n) is 5.79. The molecule has 0 atom stereocenters. The van der Waals surface area contributed by atoms with Gasteiger partial charge in [-0.3, -0.25) is 0 Å². The van der Waals surface area contributed by atoms with E-state index in [1.165, 1.54) is 5.56 Å². The average Bonchev–Trinajstić information content (AvgIpc) is 2.82. The number of methoxy groups -OCH3 is 1. The number of nitrogens with zero attached hydrogens (tertiary/aromatic N) is 2. The van der Waals surface area contributed by atoms with E-state index in [9.17, 15) is 0 Å². The highest BCUT2D eigenvalue weighted by Gasteiger charge is 1.99. The van der Waals surface area contributed by atoms with Gasteiger partial charge in [0.2, 0.25) is 0 Å². The Kier molecular flexibility index (Phi) is 4.75. The molecule has 4 nitrogen and oxygen atoms in total. The van der Waals surface area contributed by atoms with Crippen molar-refractivity contribution in [1.29, 1.82) is 0 Å². The number of rotatable bonds is 6. The lowest BCUT2D eigenvalue weighted by molar-refractivity contribution is 0.199. The van der Waals surface area contributed by atoms with Gasteiger partial charge in [-0.05, 0) is 17.7 Å². The molecule has 1 N–H and O–H groups in total. The lowest BCUT2D eigenvalue weighted by Crippen LogP contribution is -2.18. The maximum Gasteiger partial charge on any atom is 0.0790 e. The molecule has 1 aromatic heterocycles. The molecule has 0 amide bonds. The summed E-state index contributed by atoms with van der Waals surface area (Å²) in [7, 11) is 1.70. The van der Waals surface area contributed by atoms with Crippen molar-refractivity contribution in [2.24, 2.45) is 0 Å². The Morgan fingerprint density at radius 2 is 2.11 bits per heavy atom. The van der Waals surface area contributed by atoms with Crippen LogP contribution in [0.15, 0.2) is 36.7 Å². The predicted octanol–water partition coefficient (Wildman–Crippen LogP) is 2.26. The van der Waals surface area contributed by atoms with Crippen molar-refractivity contribution < 1.29 is 4.74 Å². The molecule has 2 aromatic rings. The third-order valence-corrected chi connectivity index (χ3v) is 2.76. The predicted molar refractivity (Wildman–Crippen MR) is 72.2 cm³/mol. The van der Waals surface area contributed by atoms with Crippen molar-refractivity contribution in [2.45, 2.75) is 6.54 Å². The maximum atomic E-state index is 5.83. The summed E-state index contributed by atoms with van der Waals surface area (Å²) < 4.78 is 6.73. The Labute approximate surface area is 112 Å². The first-order valence-corrected chi connectivity index (χ1v) is 6.16. The summed E-state index contributed by atoms with van der Waals surface area (Å²) in [6.45, 7) is 2.42. The Morgan fingerprint density at radius 3 is 2.72 bits per heavy atom. The van der Waals surface area contributed by atoms with Gasteiger partial charge in [-0.15, -0.1) is 0 Å². The highest BCUT2D eigenvalue weighted by molar-refractivity contribution is 6.30. The van der Waals surface area contributed by atoms with Crippen molar-refractivity contribution in [3.05, 3.63) is 47.2 Å². The normalized spacial score (nSPS) is 10.8. The summed E-state index contributed by atoms with van der Waals surface area (Å²) >= 11 is 5.83. The van der Waals surface area contributed by atoms with Crippen LogP contribution in [0.25, 0.3) is 5.69 Å². The second kappa shape index (κ2) is 6.54. The molecule has 0 fully saturated rings. The van der Waals surface area contributed by atoms with E-state index in [1.54, 1.807) is 24.2 Å². The molecule has 1 heterocycles. The molecule has 0 spiro atoms. The van der Waals surface area contributed by atoms with E-state index in [0.29, 0.717) is 5.02 Å². The topological polar surface area (TPSA) is 39.1 Å². The first kappa shape index (κ1) is 13.1. The quantitative estimate of drug-likeness (QED) is 0.815. The van der Waals surface area contributed by atoms with Crippen LogP contribution in [0, 0.1) is 0 Å². The number of hydrogen-bond acceptors (Lipinski definition) is 3. The zero-order valence-electron chi connectivity index (χ0n) is 10.3. The monoisotopic (exact) mass is 265 g/mol. The van der Waals surface area contributed by atoms with Gasteiger partial charge < -0.3 is 10.1 Å². The van der Waals surface area contributed by atoms with Gasteiger partial charge in [-0.2, -0.15) is 5.10 Å².